The molecule has 0 spiro atoms. The van der Waals surface area contributed by atoms with Crippen LogP contribution in [0.2, 0.25) is 0 Å². The van der Waals surface area contributed by atoms with Crippen LogP contribution in [0.5, 0.6) is 0 Å². The molecule has 11 heteroatoms. The van der Waals surface area contributed by atoms with Gasteiger partial charge < -0.3 is 25.2 Å². The number of nitrogens with two attached hydrogens (primary N) is 1. The minimum atomic E-state index is -4.64. The van der Waals surface area contributed by atoms with Crippen molar-refractivity contribution in [2.75, 3.05) is 26.4 Å². The fraction of sp³-hybridized carbons (Fsp3) is 0.733. The number of carbonyl (C=O) groups excluding carboxylic acids is 1. The van der Waals surface area contributed by atoms with E-state index in [1.807, 2.05) is 12.2 Å². The zero-order valence-corrected chi connectivity index (χ0v) is 36.1. The summed E-state index contributed by atoms with van der Waals surface area (Å²) in [5.41, 5.74) is 5.35. The lowest BCUT2D eigenvalue weighted by molar-refractivity contribution is -0.153. The summed E-state index contributed by atoms with van der Waals surface area (Å²) >= 11 is 0. The number of aliphatic carboxylic acids is 1. The zero-order chi connectivity index (χ0) is 41.2. The molecule has 0 amide bonds. The van der Waals surface area contributed by atoms with E-state index in [-0.39, 0.29) is 13.0 Å². The van der Waals surface area contributed by atoms with Crippen molar-refractivity contribution in [1.82, 2.24) is 0 Å². The van der Waals surface area contributed by atoms with Crippen LogP contribution >= 0.6 is 7.82 Å². The van der Waals surface area contributed by atoms with Crippen LogP contribution in [-0.2, 0) is 32.7 Å². The van der Waals surface area contributed by atoms with Crippen LogP contribution in [-0.4, -0.2) is 60.5 Å². The SMILES string of the molecule is CC/C=C\C/C=C\C/C=C\C/C=C\C/C=C\CC(=O)OC(COCCCCCCCCCCCCCCCCCCCCC)COP(=O)(O)OCC(N)C(=O)O. The molecule has 0 saturated heterocycles. The van der Waals surface area contributed by atoms with Crippen LogP contribution < -0.4 is 5.73 Å². The van der Waals surface area contributed by atoms with Crippen LogP contribution in [0.1, 0.15) is 174 Å². The number of rotatable bonds is 41. The molecule has 0 heterocycles. The number of phosphoric ester groups is 1. The number of hydrogen-bond donors (Lipinski definition) is 3. The molecule has 0 radical (unpaired) electrons. The molecule has 10 nitrogen and oxygen atoms in total. The van der Waals surface area contributed by atoms with Gasteiger partial charge in [0.15, 0.2) is 0 Å². The summed E-state index contributed by atoms with van der Waals surface area (Å²) in [6, 6.07) is -1.49. The first kappa shape index (κ1) is 53.7. The van der Waals surface area contributed by atoms with Crippen molar-refractivity contribution in [3.63, 3.8) is 0 Å². The fourth-order valence-corrected chi connectivity index (χ4v) is 6.52. The van der Waals surface area contributed by atoms with Gasteiger partial charge in [0.25, 0.3) is 0 Å². The van der Waals surface area contributed by atoms with Gasteiger partial charge >= 0.3 is 19.8 Å². The number of esters is 1. The minimum absolute atomic E-state index is 0.0179. The van der Waals surface area contributed by atoms with Crippen LogP contribution in [0.3, 0.4) is 0 Å². The van der Waals surface area contributed by atoms with Gasteiger partial charge in [-0.25, -0.2) is 4.57 Å². The maximum absolute atomic E-state index is 12.6. The Balaban J connectivity index is 4.31. The minimum Gasteiger partial charge on any atom is -0.480 e. The molecule has 3 unspecified atom stereocenters. The van der Waals surface area contributed by atoms with E-state index >= 15 is 0 Å². The number of allylic oxidation sites excluding steroid dienone is 9. The van der Waals surface area contributed by atoms with Gasteiger partial charge in [-0.3, -0.25) is 18.6 Å². The number of carbonyl (C=O) groups is 2. The molecule has 324 valence electrons. The summed E-state index contributed by atoms with van der Waals surface area (Å²) < 4.78 is 33.2. The summed E-state index contributed by atoms with van der Waals surface area (Å²) in [5.74, 6) is -1.91. The predicted molar refractivity (Wildman–Crippen MR) is 231 cm³/mol. The van der Waals surface area contributed by atoms with Gasteiger partial charge in [-0.2, -0.15) is 0 Å². The summed E-state index contributed by atoms with van der Waals surface area (Å²) in [5, 5.41) is 8.89. The van der Waals surface area contributed by atoms with Gasteiger partial charge in [0.2, 0.25) is 0 Å². The van der Waals surface area contributed by atoms with E-state index in [9.17, 15) is 19.0 Å². The summed E-state index contributed by atoms with van der Waals surface area (Å²) in [4.78, 5) is 33.4. The van der Waals surface area contributed by atoms with Crippen molar-refractivity contribution in [2.24, 2.45) is 5.73 Å². The molecule has 0 saturated carbocycles. The highest BCUT2D eigenvalue weighted by Gasteiger charge is 2.27. The maximum atomic E-state index is 12.6. The van der Waals surface area contributed by atoms with E-state index in [0.717, 1.165) is 44.9 Å². The molecule has 0 fully saturated rings. The van der Waals surface area contributed by atoms with E-state index in [0.29, 0.717) is 13.0 Å². The predicted octanol–water partition coefficient (Wildman–Crippen LogP) is 12.0. The summed E-state index contributed by atoms with van der Waals surface area (Å²) in [7, 11) is -4.64. The number of carboxylic acid groups (broad SMARTS) is 1. The van der Waals surface area contributed by atoms with Crippen LogP contribution in [0.25, 0.3) is 0 Å². The van der Waals surface area contributed by atoms with Gasteiger partial charge in [-0.15, -0.1) is 0 Å². The average Bonchev–Trinajstić information content (AvgIpc) is 3.18. The maximum Gasteiger partial charge on any atom is 0.472 e. The standard InChI is InChI=1S/C45H80NO9P/c1-3-5-7-9-11-13-15-17-19-20-21-22-24-26-28-30-32-34-36-38-52-39-42(40-53-56(50,51)54-41-43(46)45(48)49)55-44(47)37-35-33-31-29-27-25-23-18-16-14-12-10-8-6-4-2/h6,8,12,14,18,23,27,29,33,35,42-43H,3-5,7,9-11,13,15-17,19-22,24-26,28,30-32,34,36-41,46H2,1-2H3,(H,48,49)(H,50,51)/b8-6-,14-12-,23-18-,29-27-,35-33-. The second-order valence-electron chi connectivity index (χ2n) is 14.5. The lowest BCUT2D eigenvalue weighted by Gasteiger charge is -2.20. The molecule has 56 heavy (non-hydrogen) atoms. The molecule has 0 aromatic heterocycles. The monoisotopic (exact) mass is 810 g/mol. The van der Waals surface area contributed by atoms with Crippen LogP contribution in [0, 0.1) is 0 Å². The number of unbranched alkanes of at least 4 members (excludes halogenated alkanes) is 18. The van der Waals surface area contributed by atoms with Crippen molar-refractivity contribution in [2.45, 2.75) is 187 Å². The summed E-state index contributed by atoms with van der Waals surface area (Å²) in [6.07, 6.45) is 48.8. The normalized spacial score (nSPS) is 14.5. The fourth-order valence-electron chi connectivity index (χ4n) is 5.74. The van der Waals surface area contributed by atoms with Crippen molar-refractivity contribution in [1.29, 1.82) is 0 Å². The molecule has 0 bridgehead atoms. The van der Waals surface area contributed by atoms with Crippen molar-refractivity contribution in [3.05, 3.63) is 60.8 Å². The summed E-state index contributed by atoms with van der Waals surface area (Å²) in [6.45, 7) is 3.65. The average molecular weight is 810 g/mol. The van der Waals surface area contributed by atoms with E-state index in [1.165, 1.54) is 103 Å². The second-order valence-corrected chi connectivity index (χ2v) is 15.9. The molecule has 3 atom stereocenters. The zero-order valence-electron chi connectivity index (χ0n) is 35.2. The lowest BCUT2D eigenvalue weighted by Crippen LogP contribution is -2.34. The molecule has 0 aliphatic rings. The van der Waals surface area contributed by atoms with Gasteiger partial charge in [-0.1, -0.05) is 190 Å². The molecule has 0 aliphatic carbocycles. The van der Waals surface area contributed by atoms with Gasteiger partial charge in [0.05, 0.1) is 26.2 Å². The molecular formula is C45H80NO9P. The molecule has 0 rings (SSSR count). The second kappa shape index (κ2) is 40.9. The van der Waals surface area contributed by atoms with Crippen molar-refractivity contribution in [3.8, 4) is 0 Å². The smallest absolute Gasteiger partial charge is 0.472 e. The Hall–Kier alpha value is -2.33. The largest absolute Gasteiger partial charge is 0.480 e. The highest BCUT2D eigenvalue weighted by atomic mass is 31.2. The third-order valence-corrected chi connectivity index (χ3v) is 10.0. The highest BCUT2D eigenvalue weighted by Crippen LogP contribution is 2.43. The first-order valence-corrected chi connectivity index (χ1v) is 23.3. The lowest BCUT2D eigenvalue weighted by atomic mass is 10.0. The molecule has 0 aliphatic heterocycles. The molecule has 0 aromatic carbocycles. The Bertz CT molecular complexity index is 1120. The number of phosphoric acid groups is 1. The van der Waals surface area contributed by atoms with Crippen LogP contribution in [0.15, 0.2) is 60.8 Å². The highest BCUT2D eigenvalue weighted by molar-refractivity contribution is 7.47. The van der Waals surface area contributed by atoms with E-state index in [2.05, 4.69) is 56.4 Å². The number of hydrogen-bond acceptors (Lipinski definition) is 8. The van der Waals surface area contributed by atoms with Crippen molar-refractivity contribution >= 4 is 19.8 Å². The van der Waals surface area contributed by atoms with Gasteiger partial charge in [0.1, 0.15) is 12.1 Å². The molecular weight excluding hydrogens is 729 g/mol. The number of ether oxygens (including phenoxy) is 2. The van der Waals surface area contributed by atoms with Crippen molar-refractivity contribution < 1.29 is 42.7 Å². The first-order valence-electron chi connectivity index (χ1n) is 21.8. The van der Waals surface area contributed by atoms with Gasteiger partial charge in [0, 0.05) is 6.61 Å². The Kier molecular flexibility index (Phi) is 39.2. The quantitative estimate of drug-likeness (QED) is 0.0235. The van der Waals surface area contributed by atoms with E-state index < -0.39 is 45.1 Å². The molecule has 0 aromatic rings. The first-order chi connectivity index (χ1) is 27.2. The van der Waals surface area contributed by atoms with E-state index in [1.54, 1.807) is 6.08 Å². The van der Waals surface area contributed by atoms with E-state index in [4.69, 9.17) is 29.4 Å². The Morgan fingerprint density at radius 3 is 1.39 bits per heavy atom. The molecule has 4 N–H and O–H groups in total. The van der Waals surface area contributed by atoms with Crippen LogP contribution in [0.4, 0.5) is 0 Å². The Morgan fingerprint density at radius 2 is 0.964 bits per heavy atom. The third-order valence-electron chi connectivity index (χ3n) is 9.09. The Labute approximate surface area is 341 Å². The topological polar surface area (TPSA) is 155 Å². The number of carboxylic acids is 1. The third kappa shape index (κ3) is 39.9. The Morgan fingerprint density at radius 1 is 0.571 bits per heavy atom. The van der Waals surface area contributed by atoms with Gasteiger partial charge in [-0.05, 0) is 38.5 Å².